The maximum Gasteiger partial charge on any atom is 0.491 e. The number of imidazole rings is 1. The highest BCUT2D eigenvalue weighted by Gasteiger charge is 2.58. The molecule has 5 rings (SSSR count). The molecule has 3 aromatic carbocycles. The number of carbonyl (C=O) groups excluding carboxylic acids is 2. The minimum absolute atomic E-state index is 0.0223. The van der Waals surface area contributed by atoms with Gasteiger partial charge in [-0.2, -0.15) is 30.7 Å². The van der Waals surface area contributed by atoms with Crippen LogP contribution in [0, 0.1) is 0 Å². The van der Waals surface area contributed by atoms with Gasteiger partial charge in [-0.05, 0) is 30.3 Å². The van der Waals surface area contributed by atoms with Crippen LogP contribution in [0.15, 0.2) is 66.7 Å². The molecule has 0 spiro atoms. The molecule has 1 aromatic heterocycles. The normalized spacial score (nSPS) is 16.8. The van der Waals surface area contributed by atoms with Crippen molar-refractivity contribution in [2.75, 3.05) is 10.2 Å². The Labute approximate surface area is 234 Å². The number of ether oxygens (including phenoxy) is 2. The third-order valence-electron chi connectivity index (χ3n) is 6.19. The van der Waals surface area contributed by atoms with Crippen LogP contribution in [0.3, 0.4) is 0 Å². The fourth-order valence-electron chi connectivity index (χ4n) is 4.55. The number of nitrogens with zero attached hydrogens (tertiary/aromatic N) is 2. The van der Waals surface area contributed by atoms with Gasteiger partial charge < -0.3 is 19.6 Å². The summed E-state index contributed by atoms with van der Waals surface area (Å²) < 4.78 is 103. The lowest BCUT2D eigenvalue weighted by molar-refractivity contribution is -0.253. The largest absolute Gasteiger partial charge is 0.491 e. The van der Waals surface area contributed by atoms with E-state index in [9.17, 15) is 45.1 Å². The molecule has 2 amide bonds. The Morgan fingerprint density at radius 3 is 2.40 bits per heavy atom. The molecule has 17 heteroatoms. The second-order valence-corrected chi connectivity index (χ2v) is 8.93. The molecule has 1 aliphatic heterocycles. The lowest BCUT2D eigenvalue weighted by Gasteiger charge is -2.39. The van der Waals surface area contributed by atoms with Gasteiger partial charge in [-0.3, -0.25) is 15.0 Å². The molecule has 0 fully saturated rings. The van der Waals surface area contributed by atoms with E-state index >= 15 is 0 Å². The predicted molar refractivity (Wildman–Crippen MR) is 132 cm³/mol. The van der Waals surface area contributed by atoms with E-state index in [-0.39, 0.29) is 33.7 Å². The summed E-state index contributed by atoms with van der Waals surface area (Å²) in [6.45, 7) is 0. The number of rotatable bonds is 7. The number of nitrogens with one attached hydrogen (secondary N) is 2. The summed E-state index contributed by atoms with van der Waals surface area (Å²) >= 11 is 0. The molecule has 2 heterocycles. The van der Waals surface area contributed by atoms with Gasteiger partial charge in [0.05, 0.1) is 16.7 Å². The van der Waals surface area contributed by atoms with E-state index in [0.29, 0.717) is 11.0 Å². The third kappa shape index (κ3) is 5.13. The van der Waals surface area contributed by atoms with Crippen molar-refractivity contribution in [1.29, 1.82) is 0 Å². The minimum Gasteiger partial charge on any atom is -0.465 e. The smallest absolute Gasteiger partial charge is 0.465 e. The molecular formula is C26H15F7N4O6. The highest BCUT2D eigenvalue weighted by Crippen LogP contribution is 2.49. The molecule has 1 aliphatic rings. The SMILES string of the molecule is O=C(O)Nc1nc2ccc(C3(OC(=O)C(F)(F)F)c4ccccc4C(=O)N3c3cccc(OC(F)(F)C(F)F)c3)cc2[nH]1. The fraction of sp³-hybridized carbons (Fsp3) is 0.154. The zero-order valence-corrected chi connectivity index (χ0v) is 21.0. The maximum absolute atomic E-state index is 13.8. The fourth-order valence-corrected chi connectivity index (χ4v) is 4.55. The lowest BCUT2D eigenvalue weighted by Crippen LogP contribution is -2.50. The molecule has 0 bridgehead atoms. The van der Waals surface area contributed by atoms with Gasteiger partial charge in [0.2, 0.25) is 11.7 Å². The standard InChI is InChI=1S/C26H15F7N4O6/c27-20(28)26(32,33)42-14-5-3-4-13(11-14)37-19(38)15-6-1-2-7-16(15)24(37,43-21(39)25(29,30)31)12-8-9-17-18(10-12)35-22(34-17)36-23(40)41/h1-11,20H,(H,40,41)(H2,34,35,36). The zero-order valence-electron chi connectivity index (χ0n) is 21.0. The number of amides is 2. The highest BCUT2D eigenvalue weighted by molar-refractivity contribution is 6.13. The van der Waals surface area contributed by atoms with Crippen LogP contribution >= 0.6 is 0 Å². The monoisotopic (exact) mass is 612 g/mol. The number of carbonyl (C=O) groups is 3. The molecule has 3 N–H and O–H groups in total. The van der Waals surface area contributed by atoms with Crippen LogP contribution in [0.25, 0.3) is 11.0 Å². The summed E-state index contributed by atoms with van der Waals surface area (Å²) in [5.74, 6) is -4.96. The first kappa shape index (κ1) is 29.2. The number of halogens is 7. The number of hydrogen-bond donors (Lipinski definition) is 3. The Balaban J connectivity index is 1.76. The van der Waals surface area contributed by atoms with E-state index in [0.717, 1.165) is 30.3 Å². The summed E-state index contributed by atoms with van der Waals surface area (Å²) in [6.07, 6.45) is -16.3. The first-order valence-electron chi connectivity index (χ1n) is 11.8. The van der Waals surface area contributed by atoms with Crippen molar-refractivity contribution >= 4 is 40.6 Å². The average molecular weight is 612 g/mol. The van der Waals surface area contributed by atoms with Crippen LogP contribution in [0.2, 0.25) is 0 Å². The van der Waals surface area contributed by atoms with Crippen molar-refractivity contribution in [3.05, 3.63) is 83.4 Å². The quantitative estimate of drug-likeness (QED) is 0.176. The average Bonchev–Trinajstić information content (AvgIpc) is 3.43. The van der Waals surface area contributed by atoms with E-state index in [1.54, 1.807) is 0 Å². The Morgan fingerprint density at radius 2 is 1.72 bits per heavy atom. The van der Waals surface area contributed by atoms with Crippen molar-refractivity contribution in [3.63, 3.8) is 0 Å². The Morgan fingerprint density at radius 1 is 1.00 bits per heavy atom. The van der Waals surface area contributed by atoms with Crippen LogP contribution in [-0.2, 0) is 15.3 Å². The summed E-state index contributed by atoms with van der Waals surface area (Å²) in [5.41, 5.74) is -3.93. The molecule has 0 saturated carbocycles. The molecule has 224 valence electrons. The molecule has 1 atom stereocenters. The van der Waals surface area contributed by atoms with Crippen molar-refractivity contribution in [3.8, 4) is 5.75 Å². The Hall–Kier alpha value is -5.35. The second kappa shape index (κ2) is 10.2. The number of aromatic nitrogens is 2. The van der Waals surface area contributed by atoms with Gasteiger partial charge in [0.15, 0.2) is 0 Å². The second-order valence-electron chi connectivity index (χ2n) is 8.93. The first-order valence-corrected chi connectivity index (χ1v) is 11.8. The number of anilines is 2. The first-order chi connectivity index (χ1) is 20.1. The highest BCUT2D eigenvalue weighted by atomic mass is 19.4. The van der Waals surface area contributed by atoms with E-state index in [1.165, 1.54) is 30.3 Å². The number of aromatic amines is 1. The number of H-pyrrole nitrogens is 1. The number of fused-ring (bicyclic) bond motifs is 2. The molecule has 10 nitrogen and oxygen atoms in total. The van der Waals surface area contributed by atoms with Gasteiger partial charge >= 0.3 is 30.8 Å². The number of benzene rings is 3. The van der Waals surface area contributed by atoms with Gasteiger partial charge in [0.1, 0.15) is 5.75 Å². The lowest BCUT2D eigenvalue weighted by atomic mass is 9.92. The van der Waals surface area contributed by atoms with Crippen LogP contribution in [0.1, 0.15) is 21.5 Å². The summed E-state index contributed by atoms with van der Waals surface area (Å²) in [5, 5.41) is 10.9. The Kier molecular flexibility index (Phi) is 6.90. The van der Waals surface area contributed by atoms with E-state index in [2.05, 4.69) is 14.7 Å². The van der Waals surface area contributed by atoms with Gasteiger partial charge in [0, 0.05) is 22.8 Å². The summed E-state index contributed by atoms with van der Waals surface area (Å²) in [6, 6.07) is 12.2. The van der Waals surface area contributed by atoms with Crippen LogP contribution < -0.4 is 15.0 Å². The van der Waals surface area contributed by atoms with E-state index < -0.39 is 53.8 Å². The van der Waals surface area contributed by atoms with Gasteiger partial charge in [0.25, 0.3) is 5.91 Å². The Bertz CT molecular complexity index is 1760. The molecule has 43 heavy (non-hydrogen) atoms. The maximum atomic E-state index is 13.8. The van der Waals surface area contributed by atoms with Crippen LogP contribution in [0.5, 0.6) is 5.75 Å². The van der Waals surface area contributed by atoms with E-state index in [4.69, 9.17) is 9.84 Å². The number of esters is 1. The van der Waals surface area contributed by atoms with Crippen LogP contribution in [-0.4, -0.2) is 51.8 Å². The molecule has 0 saturated heterocycles. The molecular weight excluding hydrogens is 597 g/mol. The molecule has 0 aliphatic carbocycles. The number of carboxylic acid groups (broad SMARTS) is 1. The van der Waals surface area contributed by atoms with Gasteiger partial charge in [-0.1, -0.05) is 30.3 Å². The molecule has 0 radical (unpaired) electrons. The summed E-state index contributed by atoms with van der Waals surface area (Å²) in [7, 11) is 0. The molecule has 1 unspecified atom stereocenters. The number of hydrogen-bond acceptors (Lipinski definition) is 6. The van der Waals surface area contributed by atoms with Crippen molar-refractivity contribution in [2.45, 2.75) is 24.4 Å². The third-order valence-corrected chi connectivity index (χ3v) is 6.19. The number of alkyl halides is 7. The summed E-state index contributed by atoms with van der Waals surface area (Å²) in [4.78, 5) is 44.3. The minimum atomic E-state index is -5.58. The molecule has 4 aromatic rings. The van der Waals surface area contributed by atoms with Crippen molar-refractivity contribution < 1.29 is 59.7 Å². The van der Waals surface area contributed by atoms with Gasteiger partial charge in [-0.25, -0.2) is 14.6 Å². The van der Waals surface area contributed by atoms with Crippen molar-refractivity contribution in [1.82, 2.24) is 9.97 Å². The van der Waals surface area contributed by atoms with Crippen LogP contribution in [0.4, 0.5) is 47.2 Å². The van der Waals surface area contributed by atoms with Gasteiger partial charge in [-0.15, -0.1) is 0 Å². The predicted octanol–water partition coefficient (Wildman–Crippen LogP) is 5.86. The topological polar surface area (TPSA) is 134 Å². The zero-order chi connectivity index (χ0) is 31.3. The van der Waals surface area contributed by atoms with Crippen molar-refractivity contribution in [2.24, 2.45) is 0 Å². The van der Waals surface area contributed by atoms with E-state index in [1.807, 2.05) is 5.32 Å².